The largest absolute Gasteiger partial charge is 0.474 e. The molecule has 7 heteroatoms. The predicted molar refractivity (Wildman–Crippen MR) is 97.8 cm³/mol. The zero-order valence-electron chi connectivity index (χ0n) is 15.9. The van der Waals surface area contributed by atoms with Gasteiger partial charge in [-0.05, 0) is 24.0 Å². The summed E-state index contributed by atoms with van der Waals surface area (Å²) in [5.74, 6) is 1.16. The van der Waals surface area contributed by atoms with Crippen molar-refractivity contribution in [2.24, 2.45) is 21.8 Å². The lowest BCUT2D eigenvalue weighted by Gasteiger charge is -2.08. The van der Waals surface area contributed by atoms with E-state index in [0.717, 1.165) is 0 Å². The highest BCUT2D eigenvalue weighted by Gasteiger charge is 2.28. The Kier molecular flexibility index (Phi) is 5.25. The van der Waals surface area contributed by atoms with E-state index in [2.05, 4.69) is 42.7 Å². The van der Waals surface area contributed by atoms with Gasteiger partial charge in [0, 0.05) is 0 Å². The Hall–Kier alpha value is -2.44. The van der Waals surface area contributed by atoms with Crippen LogP contribution in [0.4, 0.5) is 0 Å². The first-order valence-corrected chi connectivity index (χ1v) is 8.91. The summed E-state index contributed by atoms with van der Waals surface area (Å²) in [7, 11) is 1.35. The number of aliphatic imine (C=N–C) groups is 2. The maximum Gasteiger partial charge on any atom is 0.338 e. The van der Waals surface area contributed by atoms with Gasteiger partial charge in [-0.1, -0.05) is 27.7 Å². The topological polar surface area (TPSA) is 82.4 Å². The number of hydrogen-bond donors (Lipinski definition) is 0. The number of rotatable bonds is 5. The second kappa shape index (κ2) is 7.43. The molecule has 0 radical (unpaired) electrons. The lowest BCUT2D eigenvalue weighted by molar-refractivity contribution is 0.0600. The molecule has 140 valence electrons. The molecule has 1 aromatic heterocycles. The standard InChI is InChI=1S/C19H25N3O4/c1-10(2)15-8-25-17(21-15)13-6-12(19(23)24-5)7-14(20-13)18-22-16(9-26-18)11(3)4/h6-7,10-11,15-16H,8-9H2,1-5H3/t15-,16-/m1/s1. The van der Waals surface area contributed by atoms with E-state index in [1.807, 2.05) is 0 Å². The van der Waals surface area contributed by atoms with Crippen molar-refractivity contribution in [3.8, 4) is 0 Å². The Morgan fingerprint density at radius 2 is 1.46 bits per heavy atom. The van der Waals surface area contributed by atoms with E-state index >= 15 is 0 Å². The van der Waals surface area contributed by atoms with Crippen LogP contribution in [-0.2, 0) is 14.2 Å². The van der Waals surface area contributed by atoms with E-state index < -0.39 is 5.97 Å². The molecule has 0 aliphatic carbocycles. The second-order valence-corrected chi connectivity index (χ2v) is 7.23. The number of esters is 1. The van der Waals surface area contributed by atoms with E-state index in [1.54, 1.807) is 12.1 Å². The van der Waals surface area contributed by atoms with Crippen molar-refractivity contribution in [2.45, 2.75) is 39.8 Å². The van der Waals surface area contributed by atoms with Gasteiger partial charge in [-0.2, -0.15) is 0 Å². The van der Waals surface area contributed by atoms with Gasteiger partial charge in [-0.3, -0.25) is 0 Å². The van der Waals surface area contributed by atoms with Gasteiger partial charge in [0.05, 0.1) is 24.8 Å². The lowest BCUT2D eigenvalue weighted by atomic mass is 10.1. The Morgan fingerprint density at radius 1 is 1.00 bits per heavy atom. The van der Waals surface area contributed by atoms with Crippen LogP contribution in [0.3, 0.4) is 0 Å². The molecule has 3 heterocycles. The van der Waals surface area contributed by atoms with Gasteiger partial charge in [0.25, 0.3) is 0 Å². The van der Waals surface area contributed by atoms with Crippen LogP contribution in [0.15, 0.2) is 22.1 Å². The summed E-state index contributed by atoms with van der Waals surface area (Å²) in [6, 6.07) is 3.43. The fourth-order valence-electron chi connectivity index (χ4n) is 2.73. The molecule has 3 rings (SSSR count). The average molecular weight is 359 g/mol. The number of methoxy groups -OCH3 is 1. The highest BCUT2D eigenvalue weighted by atomic mass is 16.5. The molecule has 1 aromatic rings. The Morgan fingerprint density at radius 3 is 1.81 bits per heavy atom. The Balaban J connectivity index is 1.99. The van der Waals surface area contributed by atoms with Gasteiger partial charge in [0.2, 0.25) is 11.8 Å². The molecule has 0 aromatic carbocycles. The van der Waals surface area contributed by atoms with Crippen LogP contribution in [0, 0.1) is 11.8 Å². The van der Waals surface area contributed by atoms with E-state index in [9.17, 15) is 4.79 Å². The molecular formula is C19H25N3O4. The van der Waals surface area contributed by atoms with E-state index in [4.69, 9.17) is 14.2 Å². The minimum atomic E-state index is -0.451. The van der Waals surface area contributed by atoms with Crippen LogP contribution in [0.1, 0.15) is 49.4 Å². The first-order chi connectivity index (χ1) is 12.4. The van der Waals surface area contributed by atoms with Crippen LogP contribution in [0.2, 0.25) is 0 Å². The normalized spacial score (nSPS) is 22.1. The monoisotopic (exact) mass is 359 g/mol. The minimum absolute atomic E-state index is 0.0856. The van der Waals surface area contributed by atoms with Crippen molar-refractivity contribution in [1.82, 2.24) is 4.98 Å². The number of pyridine rings is 1. The molecule has 0 fully saturated rings. The van der Waals surface area contributed by atoms with Gasteiger partial charge >= 0.3 is 5.97 Å². The highest BCUT2D eigenvalue weighted by molar-refractivity contribution is 6.01. The molecule has 0 unspecified atom stereocenters. The van der Waals surface area contributed by atoms with Crippen LogP contribution >= 0.6 is 0 Å². The zero-order valence-corrected chi connectivity index (χ0v) is 15.9. The average Bonchev–Trinajstić information content (AvgIpc) is 3.30. The third-order valence-corrected chi connectivity index (χ3v) is 4.57. The van der Waals surface area contributed by atoms with Gasteiger partial charge in [-0.25, -0.2) is 19.8 Å². The molecule has 2 atom stereocenters. The van der Waals surface area contributed by atoms with Gasteiger partial charge in [0.15, 0.2) is 0 Å². The molecule has 7 nitrogen and oxygen atoms in total. The number of nitrogens with zero attached hydrogens (tertiary/aromatic N) is 3. The lowest BCUT2D eigenvalue weighted by Crippen LogP contribution is -2.14. The quantitative estimate of drug-likeness (QED) is 0.754. The molecule has 0 saturated heterocycles. The summed E-state index contributed by atoms with van der Waals surface area (Å²) >= 11 is 0. The number of hydrogen-bond acceptors (Lipinski definition) is 7. The number of carbonyl (C=O) groups is 1. The number of aromatic nitrogens is 1. The van der Waals surface area contributed by atoms with Crippen LogP contribution in [0.25, 0.3) is 0 Å². The Labute approximate surface area is 153 Å². The van der Waals surface area contributed by atoms with Gasteiger partial charge in [0.1, 0.15) is 24.6 Å². The van der Waals surface area contributed by atoms with Crippen LogP contribution in [-0.4, -0.2) is 55.2 Å². The van der Waals surface area contributed by atoms with Crippen molar-refractivity contribution >= 4 is 17.8 Å². The van der Waals surface area contributed by atoms with Gasteiger partial charge in [-0.15, -0.1) is 0 Å². The molecule has 0 amide bonds. The Bertz CT molecular complexity index is 703. The minimum Gasteiger partial charge on any atom is -0.474 e. The summed E-state index contributed by atoms with van der Waals surface area (Å²) in [6.45, 7) is 9.40. The van der Waals surface area contributed by atoms with Crippen molar-refractivity contribution < 1.29 is 19.0 Å². The maximum absolute atomic E-state index is 12.1. The van der Waals surface area contributed by atoms with Crippen LogP contribution < -0.4 is 0 Å². The van der Waals surface area contributed by atoms with E-state index in [-0.39, 0.29) is 12.1 Å². The third-order valence-electron chi connectivity index (χ3n) is 4.57. The van der Waals surface area contributed by atoms with Gasteiger partial charge < -0.3 is 14.2 Å². The number of ether oxygens (including phenoxy) is 3. The number of carbonyl (C=O) groups excluding carboxylic acids is 1. The molecular weight excluding hydrogens is 334 g/mol. The van der Waals surface area contributed by atoms with Crippen molar-refractivity contribution in [2.75, 3.05) is 20.3 Å². The summed E-state index contributed by atoms with van der Waals surface area (Å²) in [5.41, 5.74) is 1.35. The summed E-state index contributed by atoms with van der Waals surface area (Å²) in [5, 5.41) is 0. The van der Waals surface area contributed by atoms with E-state index in [1.165, 1.54) is 7.11 Å². The second-order valence-electron chi connectivity index (χ2n) is 7.23. The SMILES string of the molecule is COC(=O)c1cc(C2=N[C@@H](C(C)C)CO2)nc(C2=N[C@@H](C(C)C)CO2)c1. The molecule has 0 bridgehead atoms. The fraction of sp³-hybridized carbons (Fsp3) is 0.579. The molecule has 2 aliphatic heterocycles. The molecule has 0 saturated carbocycles. The molecule has 2 aliphatic rings. The maximum atomic E-state index is 12.1. The highest BCUT2D eigenvalue weighted by Crippen LogP contribution is 2.21. The first-order valence-electron chi connectivity index (χ1n) is 8.91. The molecule has 26 heavy (non-hydrogen) atoms. The third kappa shape index (κ3) is 3.71. The van der Waals surface area contributed by atoms with Crippen molar-refractivity contribution in [3.05, 3.63) is 29.1 Å². The van der Waals surface area contributed by atoms with Crippen molar-refractivity contribution in [1.29, 1.82) is 0 Å². The summed E-state index contributed by atoms with van der Waals surface area (Å²) in [6.07, 6.45) is 0. The predicted octanol–water partition coefficient (Wildman–Crippen LogP) is 2.47. The smallest absolute Gasteiger partial charge is 0.338 e. The first kappa shape index (κ1) is 18.4. The summed E-state index contributed by atoms with van der Waals surface area (Å²) < 4.78 is 16.3. The molecule has 0 N–H and O–H groups in total. The van der Waals surface area contributed by atoms with E-state index in [0.29, 0.717) is 53.8 Å². The summed E-state index contributed by atoms with van der Waals surface area (Å²) in [4.78, 5) is 25.9. The zero-order chi connectivity index (χ0) is 18.8. The fourth-order valence-corrected chi connectivity index (χ4v) is 2.73. The van der Waals surface area contributed by atoms with Crippen molar-refractivity contribution in [3.63, 3.8) is 0 Å². The molecule has 0 spiro atoms. The van der Waals surface area contributed by atoms with Crippen LogP contribution in [0.5, 0.6) is 0 Å².